The number of hydrogen-bond donors (Lipinski definition) is 1. The Hall–Kier alpha value is -2.35. The van der Waals surface area contributed by atoms with Crippen molar-refractivity contribution >= 4 is 34.7 Å². The molecule has 1 fully saturated rings. The number of carbonyl (C=O) groups excluding carboxylic acids is 2. The van der Waals surface area contributed by atoms with Crippen LogP contribution in [-0.2, 0) is 4.79 Å². The number of rotatable bonds is 5. The van der Waals surface area contributed by atoms with Gasteiger partial charge in [-0.25, -0.2) is 0 Å². The van der Waals surface area contributed by atoms with E-state index < -0.39 is 16.4 Å². The van der Waals surface area contributed by atoms with E-state index in [-0.39, 0.29) is 16.1 Å². The summed E-state index contributed by atoms with van der Waals surface area (Å²) in [5, 5.41) is 19.9. The zero-order valence-electron chi connectivity index (χ0n) is 11.8. The van der Waals surface area contributed by atoms with Crippen LogP contribution in [0.25, 0.3) is 6.08 Å². The molecule has 0 saturated carbocycles. The molecule has 0 bridgehead atoms. The fourth-order valence-electron chi connectivity index (χ4n) is 1.94. The smallest absolute Gasteiger partial charge is 0.311 e. The van der Waals surface area contributed by atoms with E-state index in [1.54, 1.807) is 0 Å². The van der Waals surface area contributed by atoms with Gasteiger partial charge >= 0.3 is 5.69 Å². The Morgan fingerprint density at radius 2 is 2.14 bits per heavy atom. The fraction of sp³-hybridized carbons (Fsp3) is 0.286. The minimum atomic E-state index is -0.709. The van der Waals surface area contributed by atoms with Crippen LogP contribution >= 0.6 is 11.8 Å². The zero-order chi connectivity index (χ0) is 16.3. The Morgan fingerprint density at radius 1 is 1.41 bits per heavy atom. The number of phenols is 1. The van der Waals surface area contributed by atoms with Gasteiger partial charge in [-0.2, -0.15) is 0 Å². The number of unbranched alkanes of at least 4 members (excludes halogenated alkanes) is 1. The largest absolute Gasteiger partial charge is 0.502 e. The Kier molecular flexibility index (Phi) is 4.81. The number of amides is 2. The number of hydrogen-bond acceptors (Lipinski definition) is 6. The minimum absolute atomic E-state index is 0.223. The summed E-state index contributed by atoms with van der Waals surface area (Å²) in [5.74, 6) is -0.836. The molecule has 0 aliphatic carbocycles. The van der Waals surface area contributed by atoms with Crippen LogP contribution in [0.2, 0.25) is 0 Å². The van der Waals surface area contributed by atoms with E-state index in [4.69, 9.17) is 0 Å². The van der Waals surface area contributed by atoms with Crippen LogP contribution in [0.3, 0.4) is 0 Å². The van der Waals surface area contributed by atoms with Crippen LogP contribution in [0.1, 0.15) is 25.3 Å². The van der Waals surface area contributed by atoms with E-state index in [9.17, 15) is 24.8 Å². The number of carbonyl (C=O) groups is 2. The topological polar surface area (TPSA) is 101 Å². The standard InChI is InChI=1S/C14H14N2O5S/c1-2-3-6-15-13(18)12(22-14(15)19)8-9-4-5-11(17)10(7-9)16(20)21/h4-5,7-8,17H,2-3,6H2,1H3/b12-8-. The Balaban J connectivity index is 2.27. The van der Waals surface area contributed by atoms with Crippen molar-refractivity contribution in [3.05, 3.63) is 38.8 Å². The van der Waals surface area contributed by atoms with E-state index in [0.717, 1.165) is 30.7 Å². The second-order valence-corrected chi connectivity index (χ2v) is 5.69. The van der Waals surface area contributed by atoms with Crippen molar-refractivity contribution in [1.82, 2.24) is 4.90 Å². The van der Waals surface area contributed by atoms with Gasteiger partial charge in [-0.15, -0.1) is 0 Å². The highest BCUT2D eigenvalue weighted by molar-refractivity contribution is 8.18. The summed E-state index contributed by atoms with van der Waals surface area (Å²) in [6.45, 7) is 2.33. The second kappa shape index (κ2) is 6.61. The zero-order valence-corrected chi connectivity index (χ0v) is 12.6. The highest BCUT2D eigenvalue weighted by Crippen LogP contribution is 2.34. The summed E-state index contributed by atoms with van der Waals surface area (Å²) >= 11 is 0.812. The van der Waals surface area contributed by atoms with Gasteiger partial charge in [-0.1, -0.05) is 19.4 Å². The van der Waals surface area contributed by atoms with Crippen molar-refractivity contribution in [2.75, 3.05) is 6.54 Å². The normalized spacial score (nSPS) is 16.6. The highest BCUT2D eigenvalue weighted by Gasteiger charge is 2.34. The summed E-state index contributed by atoms with van der Waals surface area (Å²) in [6, 6.07) is 3.79. The molecular formula is C14H14N2O5S. The van der Waals surface area contributed by atoms with Crippen molar-refractivity contribution in [2.24, 2.45) is 0 Å². The van der Waals surface area contributed by atoms with Crippen molar-refractivity contribution in [3.8, 4) is 5.75 Å². The lowest BCUT2D eigenvalue weighted by Gasteiger charge is -2.10. The molecule has 8 heteroatoms. The van der Waals surface area contributed by atoms with Gasteiger partial charge in [0.05, 0.1) is 9.83 Å². The Bertz CT molecular complexity index is 671. The molecule has 1 saturated heterocycles. The number of thioether (sulfide) groups is 1. The molecule has 116 valence electrons. The fourth-order valence-corrected chi connectivity index (χ4v) is 2.80. The minimum Gasteiger partial charge on any atom is -0.502 e. The van der Waals surface area contributed by atoms with Gasteiger partial charge in [-0.3, -0.25) is 24.6 Å². The average Bonchev–Trinajstić information content (AvgIpc) is 2.73. The van der Waals surface area contributed by atoms with Gasteiger partial charge in [0.1, 0.15) is 0 Å². The molecule has 1 aliphatic rings. The number of nitro benzene ring substituents is 1. The van der Waals surface area contributed by atoms with Crippen molar-refractivity contribution in [1.29, 1.82) is 0 Å². The molecule has 1 aliphatic heterocycles. The third kappa shape index (κ3) is 3.28. The van der Waals surface area contributed by atoms with Crippen LogP contribution in [0.4, 0.5) is 10.5 Å². The monoisotopic (exact) mass is 322 g/mol. The molecule has 0 aromatic heterocycles. The first-order valence-electron chi connectivity index (χ1n) is 6.66. The van der Waals surface area contributed by atoms with Crippen LogP contribution in [0.5, 0.6) is 5.75 Å². The lowest BCUT2D eigenvalue weighted by atomic mass is 10.1. The van der Waals surface area contributed by atoms with E-state index in [2.05, 4.69) is 0 Å². The van der Waals surface area contributed by atoms with Gasteiger partial charge in [0.2, 0.25) is 0 Å². The number of phenolic OH excluding ortho intramolecular Hbond substituents is 1. The summed E-state index contributed by atoms with van der Waals surface area (Å²) in [7, 11) is 0. The first-order valence-corrected chi connectivity index (χ1v) is 7.48. The number of aromatic hydroxyl groups is 1. The third-order valence-electron chi connectivity index (χ3n) is 3.10. The van der Waals surface area contributed by atoms with E-state index in [0.29, 0.717) is 12.1 Å². The summed E-state index contributed by atoms with van der Waals surface area (Å²) < 4.78 is 0. The molecule has 1 N–H and O–H groups in total. The van der Waals surface area contributed by atoms with Crippen LogP contribution < -0.4 is 0 Å². The molecule has 0 unspecified atom stereocenters. The average molecular weight is 322 g/mol. The maximum absolute atomic E-state index is 12.1. The summed E-state index contributed by atoms with van der Waals surface area (Å²) in [4.78, 5) is 35.4. The molecule has 1 heterocycles. The molecule has 0 atom stereocenters. The molecule has 1 aromatic rings. The van der Waals surface area contributed by atoms with Crippen molar-refractivity contribution in [3.63, 3.8) is 0 Å². The molecule has 7 nitrogen and oxygen atoms in total. The highest BCUT2D eigenvalue weighted by atomic mass is 32.2. The maximum Gasteiger partial charge on any atom is 0.311 e. The molecular weight excluding hydrogens is 308 g/mol. The number of benzene rings is 1. The predicted molar refractivity (Wildman–Crippen MR) is 82.3 cm³/mol. The van der Waals surface area contributed by atoms with Crippen LogP contribution in [0, 0.1) is 10.1 Å². The maximum atomic E-state index is 12.1. The molecule has 2 amide bonds. The lowest BCUT2D eigenvalue weighted by molar-refractivity contribution is -0.385. The van der Waals surface area contributed by atoms with Gasteiger partial charge in [0, 0.05) is 12.6 Å². The van der Waals surface area contributed by atoms with E-state index >= 15 is 0 Å². The van der Waals surface area contributed by atoms with Gasteiger partial charge in [0.15, 0.2) is 5.75 Å². The van der Waals surface area contributed by atoms with Crippen molar-refractivity contribution in [2.45, 2.75) is 19.8 Å². The van der Waals surface area contributed by atoms with Crippen LogP contribution in [0.15, 0.2) is 23.1 Å². The summed E-state index contributed by atoms with van der Waals surface area (Å²) in [6.07, 6.45) is 3.02. The number of nitrogens with zero attached hydrogens (tertiary/aromatic N) is 2. The van der Waals surface area contributed by atoms with E-state index in [1.165, 1.54) is 23.1 Å². The van der Waals surface area contributed by atoms with E-state index in [1.807, 2.05) is 6.92 Å². The predicted octanol–water partition coefficient (Wildman–Crippen LogP) is 3.14. The quantitative estimate of drug-likeness (QED) is 0.508. The van der Waals surface area contributed by atoms with Crippen molar-refractivity contribution < 1.29 is 19.6 Å². The lowest BCUT2D eigenvalue weighted by Crippen LogP contribution is -2.29. The third-order valence-corrected chi connectivity index (χ3v) is 4.01. The Labute approximate surface area is 130 Å². The Morgan fingerprint density at radius 3 is 2.77 bits per heavy atom. The molecule has 2 rings (SSSR count). The molecule has 1 aromatic carbocycles. The van der Waals surface area contributed by atoms with Gasteiger partial charge in [-0.05, 0) is 35.9 Å². The molecule has 22 heavy (non-hydrogen) atoms. The second-order valence-electron chi connectivity index (χ2n) is 4.69. The molecule has 0 spiro atoms. The first-order chi connectivity index (χ1) is 10.4. The van der Waals surface area contributed by atoms with Crippen LogP contribution in [-0.4, -0.2) is 32.6 Å². The van der Waals surface area contributed by atoms with Gasteiger partial charge in [0.25, 0.3) is 11.1 Å². The summed E-state index contributed by atoms with van der Waals surface area (Å²) in [5.41, 5.74) is -0.0653. The molecule has 0 radical (unpaired) electrons. The SMILES string of the molecule is CCCCN1C(=O)S/C(=C\c2ccc(O)c([N+](=O)[O-])c2)C1=O. The number of imide groups is 1. The number of nitro groups is 1. The van der Waals surface area contributed by atoms with Gasteiger partial charge < -0.3 is 5.11 Å². The first kappa shape index (κ1) is 16.0.